The number of hydrogen-bond donors (Lipinski definition) is 0. The first-order chi connectivity index (χ1) is 13.4. The summed E-state index contributed by atoms with van der Waals surface area (Å²) < 4.78 is 0. The number of nitro groups is 1. The molecule has 1 aliphatic rings. The van der Waals surface area contributed by atoms with Crippen LogP contribution in [0, 0.1) is 10.1 Å². The van der Waals surface area contributed by atoms with E-state index in [1.54, 1.807) is 36.4 Å². The Balaban J connectivity index is 1.92. The van der Waals surface area contributed by atoms with Crippen LogP contribution in [0.2, 0.25) is 5.02 Å². The van der Waals surface area contributed by atoms with E-state index in [0.29, 0.717) is 28.3 Å². The Kier molecular flexibility index (Phi) is 5.70. The predicted octanol–water partition coefficient (Wildman–Crippen LogP) is 2.46. The van der Waals surface area contributed by atoms with E-state index in [4.69, 9.17) is 11.6 Å². The highest BCUT2D eigenvalue weighted by molar-refractivity contribution is 6.31. The molecule has 1 aliphatic heterocycles. The van der Waals surface area contributed by atoms with E-state index in [0.717, 1.165) is 0 Å². The topological polar surface area (TPSA) is 116 Å². The largest absolute Gasteiger partial charge is 0.550 e. The van der Waals surface area contributed by atoms with Gasteiger partial charge in [-0.3, -0.25) is 14.9 Å². The smallest absolute Gasteiger partial charge is 0.269 e. The zero-order valence-corrected chi connectivity index (χ0v) is 15.3. The number of carboxylic acid groups (broad SMARTS) is 1. The molecule has 0 bridgehead atoms. The van der Waals surface area contributed by atoms with Gasteiger partial charge in [-0.2, -0.15) is 5.10 Å². The first-order valence-electron chi connectivity index (χ1n) is 8.45. The average Bonchev–Trinajstić information content (AvgIpc) is 3.11. The molecule has 0 fully saturated rings. The third-order valence-electron chi connectivity index (χ3n) is 4.38. The van der Waals surface area contributed by atoms with Crippen LogP contribution in [0.5, 0.6) is 0 Å². The van der Waals surface area contributed by atoms with Crippen LogP contribution in [-0.2, 0) is 9.59 Å². The van der Waals surface area contributed by atoms with Gasteiger partial charge in [0.25, 0.3) is 5.69 Å². The SMILES string of the molecule is O=C([O-])CCC(=O)N1N=C(c2ccc([N+](=O)[O-])cc2)C[C@H]1c1ccccc1Cl. The number of non-ortho nitro benzene ring substituents is 1. The van der Waals surface area contributed by atoms with Crippen LogP contribution in [-0.4, -0.2) is 27.5 Å². The fourth-order valence-corrected chi connectivity index (χ4v) is 3.26. The van der Waals surface area contributed by atoms with Gasteiger partial charge < -0.3 is 9.90 Å². The lowest BCUT2D eigenvalue weighted by Crippen LogP contribution is -2.30. The van der Waals surface area contributed by atoms with Crippen molar-refractivity contribution >= 4 is 34.9 Å². The summed E-state index contributed by atoms with van der Waals surface area (Å²) in [6.45, 7) is 0. The molecule has 1 amide bonds. The predicted molar refractivity (Wildman–Crippen MR) is 99.5 cm³/mol. The number of hydrogen-bond acceptors (Lipinski definition) is 6. The molecule has 2 aromatic carbocycles. The molecule has 144 valence electrons. The molecule has 0 aromatic heterocycles. The van der Waals surface area contributed by atoms with Crippen LogP contribution in [0.4, 0.5) is 5.69 Å². The third kappa shape index (κ3) is 4.17. The number of hydrazone groups is 1. The molecule has 1 heterocycles. The van der Waals surface area contributed by atoms with Crippen molar-refractivity contribution in [2.24, 2.45) is 5.10 Å². The molecule has 0 spiro atoms. The number of nitrogens with zero attached hydrogens (tertiary/aromatic N) is 3. The van der Waals surface area contributed by atoms with Gasteiger partial charge in [-0.05, 0) is 35.7 Å². The lowest BCUT2D eigenvalue weighted by atomic mass is 9.98. The Morgan fingerprint density at radius 2 is 1.82 bits per heavy atom. The van der Waals surface area contributed by atoms with Crippen molar-refractivity contribution in [3.63, 3.8) is 0 Å². The molecule has 1 atom stereocenters. The van der Waals surface area contributed by atoms with Crippen LogP contribution >= 0.6 is 11.6 Å². The summed E-state index contributed by atoms with van der Waals surface area (Å²) in [7, 11) is 0. The summed E-state index contributed by atoms with van der Waals surface area (Å²) in [5.41, 5.74) is 1.83. The number of amides is 1. The Morgan fingerprint density at radius 3 is 2.43 bits per heavy atom. The fraction of sp³-hybridized carbons (Fsp3) is 0.211. The number of carbonyl (C=O) groups is 2. The highest BCUT2D eigenvalue weighted by atomic mass is 35.5. The Labute approximate surface area is 165 Å². The summed E-state index contributed by atoms with van der Waals surface area (Å²) in [5.74, 6) is -1.78. The molecule has 0 saturated carbocycles. The maximum Gasteiger partial charge on any atom is 0.269 e. The highest BCUT2D eigenvalue weighted by Crippen LogP contribution is 2.36. The van der Waals surface area contributed by atoms with E-state index in [-0.39, 0.29) is 12.1 Å². The lowest BCUT2D eigenvalue weighted by Gasteiger charge is -2.23. The summed E-state index contributed by atoms with van der Waals surface area (Å²) in [5, 5.41) is 27.6. The highest BCUT2D eigenvalue weighted by Gasteiger charge is 2.34. The minimum absolute atomic E-state index is 0.0492. The standard InChI is InChI=1S/C19H16ClN3O5/c20-15-4-2-1-3-14(15)17-11-16(12-5-7-13(8-6-12)23(27)28)21-22(17)18(24)9-10-19(25)26/h1-8,17H,9-11H2,(H,25,26)/p-1/t17-/m0/s1. The quantitative estimate of drug-likeness (QED) is 0.545. The second-order valence-electron chi connectivity index (χ2n) is 6.20. The van der Waals surface area contributed by atoms with Crippen LogP contribution in [0.15, 0.2) is 53.6 Å². The van der Waals surface area contributed by atoms with Crippen molar-refractivity contribution in [2.45, 2.75) is 25.3 Å². The molecule has 0 N–H and O–H groups in total. The minimum atomic E-state index is -1.32. The van der Waals surface area contributed by atoms with Crippen LogP contribution in [0.1, 0.15) is 36.4 Å². The van der Waals surface area contributed by atoms with E-state index in [2.05, 4.69) is 5.10 Å². The Hall–Kier alpha value is -3.26. The molecule has 8 nitrogen and oxygen atoms in total. The maximum atomic E-state index is 12.6. The average molecular weight is 401 g/mol. The number of nitro benzene ring substituents is 1. The molecule has 0 aliphatic carbocycles. The number of halogens is 1. The van der Waals surface area contributed by atoms with Gasteiger partial charge >= 0.3 is 0 Å². The van der Waals surface area contributed by atoms with Crippen molar-refractivity contribution in [1.82, 2.24) is 5.01 Å². The summed E-state index contributed by atoms with van der Waals surface area (Å²) in [6, 6.07) is 12.4. The van der Waals surface area contributed by atoms with Gasteiger partial charge in [-0.15, -0.1) is 0 Å². The van der Waals surface area contributed by atoms with Crippen molar-refractivity contribution in [2.75, 3.05) is 0 Å². The number of carboxylic acids is 1. The molecule has 2 aromatic rings. The van der Waals surface area contributed by atoms with Gasteiger partial charge in [0.05, 0.1) is 16.7 Å². The normalized spacial score (nSPS) is 16.0. The fourth-order valence-electron chi connectivity index (χ4n) is 3.00. The first-order valence-corrected chi connectivity index (χ1v) is 8.83. The second kappa shape index (κ2) is 8.18. The number of benzene rings is 2. The van der Waals surface area contributed by atoms with E-state index < -0.39 is 29.3 Å². The minimum Gasteiger partial charge on any atom is -0.550 e. The van der Waals surface area contributed by atoms with Gasteiger partial charge in [-0.25, -0.2) is 5.01 Å². The first kappa shape index (κ1) is 19.5. The van der Waals surface area contributed by atoms with Crippen molar-refractivity contribution in [1.29, 1.82) is 0 Å². The molecule has 0 radical (unpaired) electrons. The monoisotopic (exact) mass is 400 g/mol. The molecule has 0 saturated heterocycles. The van der Waals surface area contributed by atoms with Gasteiger partial charge in [0.1, 0.15) is 0 Å². The van der Waals surface area contributed by atoms with Gasteiger partial charge in [0.15, 0.2) is 0 Å². The Morgan fingerprint density at radius 1 is 1.14 bits per heavy atom. The molecule has 3 rings (SSSR count). The van der Waals surface area contributed by atoms with E-state index in [1.807, 2.05) is 0 Å². The van der Waals surface area contributed by atoms with Crippen molar-refractivity contribution in [3.05, 3.63) is 74.8 Å². The molecule has 9 heteroatoms. The molecule has 0 unspecified atom stereocenters. The van der Waals surface area contributed by atoms with Crippen molar-refractivity contribution < 1.29 is 19.6 Å². The molecular weight excluding hydrogens is 386 g/mol. The van der Waals surface area contributed by atoms with Gasteiger partial charge in [-0.1, -0.05) is 29.8 Å². The molecular formula is C19H15ClN3O5-. The summed E-state index contributed by atoms with van der Waals surface area (Å²) in [6.07, 6.45) is -0.314. The van der Waals surface area contributed by atoms with Crippen LogP contribution in [0.3, 0.4) is 0 Å². The summed E-state index contributed by atoms with van der Waals surface area (Å²) >= 11 is 6.28. The zero-order chi connectivity index (χ0) is 20.3. The van der Waals surface area contributed by atoms with Gasteiger partial charge in [0, 0.05) is 36.0 Å². The Bertz CT molecular complexity index is 958. The number of rotatable bonds is 6. The second-order valence-corrected chi connectivity index (χ2v) is 6.61. The zero-order valence-electron chi connectivity index (χ0n) is 14.6. The van der Waals surface area contributed by atoms with E-state index in [9.17, 15) is 24.8 Å². The van der Waals surface area contributed by atoms with E-state index in [1.165, 1.54) is 17.1 Å². The summed E-state index contributed by atoms with van der Waals surface area (Å²) in [4.78, 5) is 33.6. The van der Waals surface area contributed by atoms with Crippen LogP contribution in [0.25, 0.3) is 0 Å². The van der Waals surface area contributed by atoms with Crippen LogP contribution < -0.4 is 5.11 Å². The number of aliphatic carboxylic acids is 1. The van der Waals surface area contributed by atoms with Gasteiger partial charge in [0.2, 0.25) is 5.91 Å². The maximum absolute atomic E-state index is 12.6. The third-order valence-corrected chi connectivity index (χ3v) is 4.73. The van der Waals surface area contributed by atoms with Crippen molar-refractivity contribution in [3.8, 4) is 0 Å². The molecule has 28 heavy (non-hydrogen) atoms. The number of carbonyl (C=O) groups excluding carboxylic acids is 2. The lowest BCUT2D eigenvalue weighted by molar-refractivity contribution is -0.384. The van der Waals surface area contributed by atoms with E-state index >= 15 is 0 Å².